The van der Waals surface area contributed by atoms with Gasteiger partial charge in [0.2, 0.25) is 0 Å². The molecule has 0 aromatic rings. The number of urea groups is 1. The van der Waals surface area contributed by atoms with Crippen LogP contribution >= 0.6 is 0 Å². The fourth-order valence-corrected chi connectivity index (χ4v) is 2.20. The van der Waals surface area contributed by atoms with Crippen molar-refractivity contribution in [3.05, 3.63) is 0 Å². The molecule has 3 heteroatoms. The molecule has 0 spiro atoms. The van der Waals surface area contributed by atoms with Crippen molar-refractivity contribution in [2.45, 2.75) is 38.6 Å². The predicted molar refractivity (Wildman–Crippen MR) is 56.2 cm³/mol. The number of nitrogens with zero attached hydrogens (tertiary/aromatic N) is 2. The zero-order valence-electron chi connectivity index (χ0n) is 9.20. The molecule has 14 heavy (non-hydrogen) atoms. The molecule has 1 aliphatic heterocycles. The summed E-state index contributed by atoms with van der Waals surface area (Å²) >= 11 is 0. The minimum atomic E-state index is 0.249. The highest BCUT2D eigenvalue weighted by Crippen LogP contribution is 2.27. The normalized spacial score (nSPS) is 27.6. The van der Waals surface area contributed by atoms with Crippen molar-refractivity contribution in [3.63, 3.8) is 0 Å². The van der Waals surface area contributed by atoms with E-state index in [4.69, 9.17) is 0 Å². The van der Waals surface area contributed by atoms with Crippen LogP contribution < -0.4 is 0 Å². The molecule has 0 bridgehead atoms. The van der Waals surface area contributed by atoms with Gasteiger partial charge in [-0.15, -0.1) is 0 Å². The van der Waals surface area contributed by atoms with Gasteiger partial charge in [-0.2, -0.15) is 0 Å². The number of carbonyl (C=O) groups excluding carboxylic acids is 1. The van der Waals surface area contributed by atoms with Crippen molar-refractivity contribution in [1.82, 2.24) is 9.80 Å². The third kappa shape index (κ3) is 2.02. The van der Waals surface area contributed by atoms with Gasteiger partial charge in [-0.3, -0.25) is 0 Å². The maximum atomic E-state index is 12.0. The third-order valence-corrected chi connectivity index (χ3v) is 3.32. The molecule has 1 saturated carbocycles. The van der Waals surface area contributed by atoms with Gasteiger partial charge >= 0.3 is 6.03 Å². The van der Waals surface area contributed by atoms with Crippen LogP contribution in [0.25, 0.3) is 0 Å². The molecule has 1 heterocycles. The molecule has 0 aromatic heterocycles. The first-order chi connectivity index (χ1) is 6.68. The summed E-state index contributed by atoms with van der Waals surface area (Å²) in [7, 11) is 1.94. The maximum Gasteiger partial charge on any atom is 0.319 e. The fraction of sp³-hybridized carbons (Fsp3) is 0.909. The first-order valence-electron chi connectivity index (χ1n) is 5.70. The van der Waals surface area contributed by atoms with E-state index in [0.717, 1.165) is 13.1 Å². The molecule has 3 nitrogen and oxygen atoms in total. The van der Waals surface area contributed by atoms with Crippen LogP contribution in [0.3, 0.4) is 0 Å². The molecule has 1 aliphatic carbocycles. The summed E-state index contributed by atoms with van der Waals surface area (Å²) in [5, 5.41) is 0. The standard InChI is InChI=1S/C11H20N2O/c1-9-4-3-7-13(8-9)11(14)12(2)10-5-6-10/h9-10H,3-8H2,1-2H3. The third-order valence-electron chi connectivity index (χ3n) is 3.32. The van der Waals surface area contributed by atoms with Gasteiger partial charge in [0, 0.05) is 26.2 Å². The van der Waals surface area contributed by atoms with Crippen molar-refractivity contribution >= 4 is 6.03 Å². The Kier molecular flexibility index (Phi) is 2.66. The van der Waals surface area contributed by atoms with E-state index in [1.54, 1.807) is 0 Å². The number of likely N-dealkylation sites (tertiary alicyclic amines) is 1. The van der Waals surface area contributed by atoms with Gasteiger partial charge < -0.3 is 9.80 Å². The van der Waals surface area contributed by atoms with Gasteiger partial charge in [0.15, 0.2) is 0 Å². The van der Waals surface area contributed by atoms with E-state index in [9.17, 15) is 4.79 Å². The lowest BCUT2D eigenvalue weighted by atomic mass is 10.0. The van der Waals surface area contributed by atoms with E-state index in [2.05, 4.69) is 6.92 Å². The van der Waals surface area contributed by atoms with Crippen LogP contribution in [0, 0.1) is 5.92 Å². The predicted octanol–water partition coefficient (Wildman–Crippen LogP) is 1.93. The van der Waals surface area contributed by atoms with E-state index in [-0.39, 0.29) is 6.03 Å². The molecular weight excluding hydrogens is 176 g/mol. The van der Waals surface area contributed by atoms with Gasteiger partial charge in [-0.1, -0.05) is 6.92 Å². The first-order valence-corrected chi connectivity index (χ1v) is 5.70. The Morgan fingerprint density at radius 3 is 2.64 bits per heavy atom. The molecule has 1 atom stereocenters. The summed E-state index contributed by atoms with van der Waals surface area (Å²) in [6.07, 6.45) is 4.85. The minimum absolute atomic E-state index is 0.249. The van der Waals surface area contributed by atoms with E-state index in [0.29, 0.717) is 12.0 Å². The van der Waals surface area contributed by atoms with Crippen LogP contribution in [0.5, 0.6) is 0 Å². The molecule has 2 aliphatic rings. The lowest BCUT2D eigenvalue weighted by molar-refractivity contribution is 0.137. The number of piperidine rings is 1. The van der Waals surface area contributed by atoms with Crippen molar-refractivity contribution in [2.75, 3.05) is 20.1 Å². The second-order valence-corrected chi connectivity index (χ2v) is 4.82. The highest BCUT2D eigenvalue weighted by molar-refractivity contribution is 5.75. The molecule has 2 amide bonds. The highest BCUT2D eigenvalue weighted by Gasteiger charge is 2.33. The smallest absolute Gasteiger partial charge is 0.319 e. The second-order valence-electron chi connectivity index (χ2n) is 4.82. The molecule has 80 valence electrons. The van der Waals surface area contributed by atoms with Crippen LogP contribution in [0.15, 0.2) is 0 Å². The number of rotatable bonds is 1. The zero-order chi connectivity index (χ0) is 10.1. The molecular formula is C11H20N2O. The Balaban J connectivity index is 1.89. The van der Waals surface area contributed by atoms with Crippen molar-refractivity contribution in [1.29, 1.82) is 0 Å². The number of carbonyl (C=O) groups is 1. The van der Waals surface area contributed by atoms with Crippen LogP contribution in [0.1, 0.15) is 32.6 Å². The lowest BCUT2D eigenvalue weighted by Crippen LogP contribution is -2.46. The van der Waals surface area contributed by atoms with E-state index in [1.807, 2.05) is 16.8 Å². The Morgan fingerprint density at radius 1 is 1.36 bits per heavy atom. The minimum Gasteiger partial charge on any atom is -0.325 e. The van der Waals surface area contributed by atoms with E-state index < -0.39 is 0 Å². The van der Waals surface area contributed by atoms with Gasteiger partial charge in [0.05, 0.1) is 0 Å². The zero-order valence-corrected chi connectivity index (χ0v) is 9.20. The summed E-state index contributed by atoms with van der Waals surface area (Å²) in [5.74, 6) is 0.681. The average Bonchev–Trinajstić information content (AvgIpc) is 2.99. The Labute approximate surface area is 86.1 Å². The summed E-state index contributed by atoms with van der Waals surface area (Å²) in [4.78, 5) is 15.9. The molecule has 2 rings (SSSR count). The summed E-state index contributed by atoms with van der Waals surface area (Å²) < 4.78 is 0. The molecule has 0 N–H and O–H groups in total. The average molecular weight is 196 g/mol. The Morgan fingerprint density at radius 2 is 2.07 bits per heavy atom. The molecule has 0 radical (unpaired) electrons. The van der Waals surface area contributed by atoms with Crippen molar-refractivity contribution < 1.29 is 4.79 Å². The second kappa shape index (κ2) is 3.79. The molecule has 1 saturated heterocycles. The molecule has 1 unspecified atom stereocenters. The Bertz CT molecular complexity index is 225. The SMILES string of the molecule is CC1CCCN(C(=O)N(C)C2CC2)C1. The monoisotopic (exact) mass is 196 g/mol. The van der Waals surface area contributed by atoms with Crippen LogP contribution in [-0.4, -0.2) is 42.0 Å². The lowest BCUT2D eigenvalue weighted by Gasteiger charge is -2.34. The molecule has 0 aromatic carbocycles. The highest BCUT2D eigenvalue weighted by atomic mass is 16.2. The Hall–Kier alpha value is -0.730. The fourth-order valence-electron chi connectivity index (χ4n) is 2.20. The van der Waals surface area contributed by atoms with E-state index >= 15 is 0 Å². The summed E-state index contributed by atoms with van der Waals surface area (Å²) in [6, 6.07) is 0.791. The number of hydrogen-bond acceptors (Lipinski definition) is 1. The van der Waals surface area contributed by atoms with E-state index in [1.165, 1.54) is 25.7 Å². The van der Waals surface area contributed by atoms with Gasteiger partial charge in [0.1, 0.15) is 0 Å². The first kappa shape index (κ1) is 9.81. The van der Waals surface area contributed by atoms with Gasteiger partial charge in [-0.05, 0) is 31.6 Å². The number of hydrogen-bond donors (Lipinski definition) is 0. The van der Waals surface area contributed by atoms with Crippen molar-refractivity contribution in [2.24, 2.45) is 5.92 Å². The topological polar surface area (TPSA) is 23.6 Å². The van der Waals surface area contributed by atoms with Crippen LogP contribution in [-0.2, 0) is 0 Å². The summed E-state index contributed by atoms with van der Waals surface area (Å²) in [6.45, 7) is 4.15. The van der Waals surface area contributed by atoms with Crippen LogP contribution in [0.2, 0.25) is 0 Å². The van der Waals surface area contributed by atoms with Crippen molar-refractivity contribution in [3.8, 4) is 0 Å². The van der Waals surface area contributed by atoms with Gasteiger partial charge in [-0.25, -0.2) is 4.79 Å². The number of amides is 2. The summed E-state index contributed by atoms with van der Waals surface area (Å²) in [5.41, 5.74) is 0. The quantitative estimate of drug-likeness (QED) is 0.628. The maximum absolute atomic E-state index is 12.0. The van der Waals surface area contributed by atoms with Crippen LogP contribution in [0.4, 0.5) is 4.79 Å². The largest absolute Gasteiger partial charge is 0.325 e. The van der Waals surface area contributed by atoms with Gasteiger partial charge in [0.25, 0.3) is 0 Å². The molecule has 2 fully saturated rings.